The van der Waals surface area contributed by atoms with Crippen molar-refractivity contribution in [2.24, 2.45) is 0 Å². The van der Waals surface area contributed by atoms with Crippen LogP contribution in [0.15, 0.2) is 73.1 Å². The van der Waals surface area contributed by atoms with Crippen LogP contribution in [0, 0.1) is 6.92 Å². The number of imidazole rings is 1. The van der Waals surface area contributed by atoms with Crippen molar-refractivity contribution in [3.8, 4) is 22.8 Å². The highest BCUT2D eigenvalue weighted by molar-refractivity contribution is 5.96. The molecule has 0 atom stereocenters. The second kappa shape index (κ2) is 8.06. The van der Waals surface area contributed by atoms with Gasteiger partial charge in [0.05, 0.1) is 18.5 Å². The van der Waals surface area contributed by atoms with Crippen LogP contribution in [0.2, 0.25) is 0 Å². The van der Waals surface area contributed by atoms with E-state index in [0.29, 0.717) is 17.2 Å². The van der Waals surface area contributed by atoms with Crippen molar-refractivity contribution in [3.63, 3.8) is 0 Å². The molecule has 0 radical (unpaired) electrons. The molecular weight excluding hydrogens is 366 g/mol. The van der Waals surface area contributed by atoms with E-state index in [-0.39, 0.29) is 12.5 Å². The van der Waals surface area contributed by atoms with Crippen LogP contribution in [0.25, 0.3) is 16.9 Å². The lowest BCUT2D eigenvalue weighted by atomic mass is 10.1. The summed E-state index contributed by atoms with van der Waals surface area (Å²) in [6, 6.07) is 18.8. The van der Waals surface area contributed by atoms with E-state index < -0.39 is 0 Å². The SMILES string of the molecule is COc1ccccc1OCC(=O)Nc1ccccc1-c1cn2cccc(C)c2n1. The molecule has 1 amide bonds. The van der Waals surface area contributed by atoms with E-state index in [2.05, 4.69) is 5.32 Å². The molecule has 2 heterocycles. The van der Waals surface area contributed by atoms with Crippen molar-refractivity contribution in [1.82, 2.24) is 9.38 Å². The van der Waals surface area contributed by atoms with E-state index in [9.17, 15) is 4.79 Å². The summed E-state index contributed by atoms with van der Waals surface area (Å²) in [7, 11) is 1.56. The van der Waals surface area contributed by atoms with Gasteiger partial charge >= 0.3 is 0 Å². The summed E-state index contributed by atoms with van der Waals surface area (Å²) in [6.07, 6.45) is 3.92. The molecule has 0 saturated carbocycles. The highest BCUT2D eigenvalue weighted by Gasteiger charge is 2.13. The Morgan fingerprint density at radius 1 is 1.03 bits per heavy atom. The molecule has 0 fully saturated rings. The van der Waals surface area contributed by atoms with Gasteiger partial charge in [-0.25, -0.2) is 4.98 Å². The predicted molar refractivity (Wildman–Crippen MR) is 112 cm³/mol. The first-order valence-corrected chi connectivity index (χ1v) is 9.25. The van der Waals surface area contributed by atoms with Gasteiger partial charge in [-0.2, -0.15) is 0 Å². The van der Waals surface area contributed by atoms with Crippen molar-refractivity contribution in [3.05, 3.63) is 78.6 Å². The van der Waals surface area contributed by atoms with Gasteiger partial charge in [0.25, 0.3) is 5.91 Å². The van der Waals surface area contributed by atoms with Crippen molar-refractivity contribution in [2.75, 3.05) is 19.0 Å². The Balaban J connectivity index is 1.53. The average molecular weight is 387 g/mol. The largest absolute Gasteiger partial charge is 0.493 e. The van der Waals surface area contributed by atoms with Gasteiger partial charge in [0.15, 0.2) is 18.1 Å². The van der Waals surface area contributed by atoms with Crippen LogP contribution in [0.4, 0.5) is 5.69 Å². The molecule has 2 aromatic carbocycles. The van der Waals surface area contributed by atoms with E-state index in [4.69, 9.17) is 14.5 Å². The summed E-state index contributed by atoms with van der Waals surface area (Å²) >= 11 is 0. The van der Waals surface area contributed by atoms with Gasteiger partial charge in [0.2, 0.25) is 0 Å². The van der Waals surface area contributed by atoms with E-state index in [1.165, 1.54) is 0 Å². The Morgan fingerprint density at radius 3 is 2.59 bits per heavy atom. The maximum absolute atomic E-state index is 12.5. The zero-order valence-electron chi connectivity index (χ0n) is 16.3. The standard InChI is InChI=1S/C23H21N3O3/c1-16-8-7-13-26-14-19(25-23(16)26)17-9-3-4-10-18(17)24-22(27)15-29-21-12-6-5-11-20(21)28-2/h3-14H,15H2,1-2H3,(H,24,27). The van der Waals surface area contributed by atoms with E-state index in [1.807, 2.05) is 72.2 Å². The first kappa shape index (κ1) is 18.6. The highest BCUT2D eigenvalue weighted by Crippen LogP contribution is 2.29. The van der Waals surface area contributed by atoms with Crippen LogP contribution in [0.1, 0.15) is 5.56 Å². The summed E-state index contributed by atoms with van der Waals surface area (Å²) in [5, 5.41) is 2.92. The summed E-state index contributed by atoms with van der Waals surface area (Å²) in [5.74, 6) is 0.846. The highest BCUT2D eigenvalue weighted by atomic mass is 16.5. The van der Waals surface area contributed by atoms with Crippen molar-refractivity contribution >= 4 is 17.2 Å². The molecule has 146 valence electrons. The lowest BCUT2D eigenvalue weighted by molar-refractivity contribution is -0.118. The third-order valence-electron chi connectivity index (χ3n) is 4.58. The summed E-state index contributed by atoms with van der Waals surface area (Å²) < 4.78 is 12.8. The number of hydrogen-bond acceptors (Lipinski definition) is 4. The number of hydrogen-bond donors (Lipinski definition) is 1. The molecule has 29 heavy (non-hydrogen) atoms. The Kier molecular flexibility index (Phi) is 5.16. The number of rotatable bonds is 6. The maximum Gasteiger partial charge on any atom is 0.262 e. The van der Waals surface area contributed by atoms with Crippen LogP contribution in [0.5, 0.6) is 11.5 Å². The van der Waals surface area contributed by atoms with Crippen LogP contribution in [-0.4, -0.2) is 29.0 Å². The van der Waals surface area contributed by atoms with E-state index >= 15 is 0 Å². The number of methoxy groups -OCH3 is 1. The number of aryl methyl sites for hydroxylation is 1. The topological polar surface area (TPSA) is 64.9 Å². The number of fused-ring (bicyclic) bond motifs is 1. The molecule has 0 aliphatic carbocycles. The van der Waals surface area contributed by atoms with Gasteiger partial charge in [-0.3, -0.25) is 4.79 Å². The summed E-state index contributed by atoms with van der Waals surface area (Å²) in [6.45, 7) is 1.90. The molecule has 4 aromatic rings. The minimum absolute atomic E-state index is 0.126. The number of anilines is 1. The summed E-state index contributed by atoms with van der Waals surface area (Å²) in [4.78, 5) is 17.2. The summed E-state index contributed by atoms with van der Waals surface area (Å²) in [5.41, 5.74) is 4.30. The number of benzene rings is 2. The quantitative estimate of drug-likeness (QED) is 0.535. The van der Waals surface area contributed by atoms with Crippen molar-refractivity contribution in [1.29, 1.82) is 0 Å². The van der Waals surface area contributed by atoms with Gasteiger partial charge in [0.1, 0.15) is 5.65 Å². The fraction of sp³-hybridized carbons (Fsp3) is 0.130. The predicted octanol–water partition coefficient (Wildman–Crippen LogP) is 4.34. The van der Waals surface area contributed by atoms with Gasteiger partial charge in [-0.1, -0.05) is 36.4 Å². The number of ether oxygens (including phenoxy) is 2. The lowest BCUT2D eigenvalue weighted by Crippen LogP contribution is -2.20. The average Bonchev–Trinajstić information content (AvgIpc) is 3.18. The maximum atomic E-state index is 12.5. The third kappa shape index (κ3) is 3.91. The lowest BCUT2D eigenvalue weighted by Gasteiger charge is -2.12. The van der Waals surface area contributed by atoms with Gasteiger partial charge < -0.3 is 19.2 Å². The van der Waals surface area contributed by atoms with Crippen molar-refractivity contribution in [2.45, 2.75) is 6.92 Å². The zero-order valence-corrected chi connectivity index (χ0v) is 16.3. The Hall–Kier alpha value is -3.80. The first-order valence-electron chi connectivity index (χ1n) is 9.25. The molecule has 0 aliphatic rings. The Labute approximate surface area is 168 Å². The molecule has 0 bridgehead atoms. The molecule has 1 N–H and O–H groups in total. The minimum Gasteiger partial charge on any atom is -0.493 e. The Morgan fingerprint density at radius 2 is 1.79 bits per heavy atom. The number of carbonyl (C=O) groups is 1. The first-order chi connectivity index (χ1) is 14.2. The molecule has 0 saturated heterocycles. The monoisotopic (exact) mass is 387 g/mol. The van der Waals surface area contributed by atoms with Crippen molar-refractivity contribution < 1.29 is 14.3 Å². The van der Waals surface area contributed by atoms with E-state index in [0.717, 1.165) is 22.5 Å². The normalized spacial score (nSPS) is 10.7. The van der Waals surface area contributed by atoms with Crippen LogP contribution < -0.4 is 14.8 Å². The van der Waals surface area contributed by atoms with Gasteiger partial charge in [-0.05, 0) is 36.8 Å². The minimum atomic E-state index is -0.261. The van der Waals surface area contributed by atoms with Gasteiger partial charge in [-0.15, -0.1) is 0 Å². The Bertz CT molecular complexity index is 1170. The third-order valence-corrected chi connectivity index (χ3v) is 4.58. The number of nitrogens with one attached hydrogen (secondary N) is 1. The number of para-hydroxylation sites is 3. The number of amides is 1. The second-order valence-electron chi connectivity index (χ2n) is 6.58. The number of pyridine rings is 1. The number of nitrogens with zero attached hydrogens (tertiary/aromatic N) is 2. The number of aromatic nitrogens is 2. The van der Waals surface area contributed by atoms with Crippen LogP contribution in [-0.2, 0) is 4.79 Å². The number of carbonyl (C=O) groups excluding carboxylic acids is 1. The molecule has 2 aromatic heterocycles. The molecule has 4 rings (SSSR count). The molecule has 0 aliphatic heterocycles. The molecule has 6 heteroatoms. The van der Waals surface area contributed by atoms with E-state index in [1.54, 1.807) is 19.2 Å². The second-order valence-corrected chi connectivity index (χ2v) is 6.58. The zero-order chi connectivity index (χ0) is 20.2. The smallest absolute Gasteiger partial charge is 0.262 e. The molecule has 0 unspecified atom stereocenters. The fourth-order valence-electron chi connectivity index (χ4n) is 3.17. The fourth-order valence-corrected chi connectivity index (χ4v) is 3.17. The molecule has 6 nitrogen and oxygen atoms in total. The van der Waals surface area contributed by atoms with Crippen LogP contribution >= 0.6 is 0 Å². The molecular formula is C23H21N3O3. The van der Waals surface area contributed by atoms with Crippen LogP contribution in [0.3, 0.4) is 0 Å². The molecule has 0 spiro atoms. The van der Waals surface area contributed by atoms with Gasteiger partial charge in [0, 0.05) is 18.0 Å².